The summed E-state index contributed by atoms with van der Waals surface area (Å²) in [5.41, 5.74) is 11.8. The fourth-order valence-corrected chi connectivity index (χ4v) is 7.42. The number of nitrogens with zero attached hydrogens (tertiary/aromatic N) is 4. The quantitative estimate of drug-likeness (QED) is 0.200. The first-order valence-electron chi connectivity index (χ1n) is 16.1. The third-order valence-electron chi connectivity index (χ3n) is 9.57. The van der Waals surface area contributed by atoms with Crippen LogP contribution >= 0.6 is 0 Å². The topological polar surface area (TPSA) is 34.0 Å². The van der Waals surface area contributed by atoms with Crippen LogP contribution < -0.4 is 4.90 Å². The van der Waals surface area contributed by atoms with E-state index < -0.39 is 0 Å². The van der Waals surface area contributed by atoms with Crippen molar-refractivity contribution in [2.75, 3.05) is 4.90 Å². The average molecular weight is 605 g/mol. The van der Waals surface area contributed by atoms with Crippen LogP contribution in [-0.4, -0.2) is 14.5 Å². The molecule has 0 N–H and O–H groups in total. The number of para-hydroxylation sites is 3. The molecule has 2 aromatic heterocycles. The molecule has 0 bridgehead atoms. The highest BCUT2D eigenvalue weighted by Crippen LogP contribution is 2.55. The lowest BCUT2D eigenvalue weighted by Gasteiger charge is -2.42. The van der Waals surface area contributed by atoms with Crippen LogP contribution in [0, 0.1) is 0 Å². The molecule has 4 nitrogen and oxygen atoms in total. The van der Waals surface area contributed by atoms with E-state index in [1.54, 1.807) is 0 Å². The number of fused-ring (bicyclic) bond motifs is 6. The molecular weight excluding hydrogens is 573 g/mol. The predicted molar refractivity (Wildman–Crippen MR) is 194 cm³/mol. The van der Waals surface area contributed by atoms with Crippen molar-refractivity contribution in [3.05, 3.63) is 169 Å². The van der Waals surface area contributed by atoms with Crippen molar-refractivity contribution < 1.29 is 0 Å². The van der Waals surface area contributed by atoms with Gasteiger partial charge in [0.25, 0.3) is 0 Å². The van der Waals surface area contributed by atoms with Crippen molar-refractivity contribution in [3.63, 3.8) is 0 Å². The zero-order chi connectivity index (χ0) is 31.5. The van der Waals surface area contributed by atoms with Gasteiger partial charge in [-0.05, 0) is 42.0 Å². The Labute approximate surface area is 274 Å². The van der Waals surface area contributed by atoms with E-state index in [0.29, 0.717) is 5.95 Å². The molecule has 8 aromatic rings. The summed E-state index contributed by atoms with van der Waals surface area (Å²) < 4.78 is 2.31. The molecule has 1 aliphatic rings. The van der Waals surface area contributed by atoms with Gasteiger partial charge in [-0.3, -0.25) is 4.57 Å². The van der Waals surface area contributed by atoms with Gasteiger partial charge >= 0.3 is 0 Å². The summed E-state index contributed by atoms with van der Waals surface area (Å²) in [6, 6.07) is 55.7. The predicted octanol–water partition coefficient (Wildman–Crippen LogP) is 11.0. The van der Waals surface area contributed by atoms with Gasteiger partial charge in [0.05, 0.1) is 33.8 Å². The lowest BCUT2D eigenvalue weighted by Crippen LogP contribution is -2.31. The second kappa shape index (κ2) is 10.5. The van der Waals surface area contributed by atoms with Gasteiger partial charge < -0.3 is 4.90 Å². The van der Waals surface area contributed by atoms with E-state index in [1.165, 1.54) is 33.3 Å². The Morgan fingerprint density at radius 3 is 1.77 bits per heavy atom. The normalized spacial score (nSPS) is 13.4. The zero-order valence-electron chi connectivity index (χ0n) is 26.3. The Kier molecular flexibility index (Phi) is 6.12. The largest absolute Gasteiger partial charge is 0.310 e. The minimum atomic E-state index is -0.317. The number of hydrogen-bond acceptors (Lipinski definition) is 3. The maximum absolute atomic E-state index is 5.33. The molecule has 0 radical (unpaired) electrons. The van der Waals surface area contributed by atoms with E-state index in [-0.39, 0.29) is 5.41 Å². The van der Waals surface area contributed by atoms with Crippen LogP contribution in [-0.2, 0) is 5.41 Å². The number of aromatic nitrogens is 3. The first-order valence-corrected chi connectivity index (χ1v) is 16.1. The Morgan fingerprint density at radius 2 is 1.09 bits per heavy atom. The van der Waals surface area contributed by atoms with Crippen LogP contribution in [0.25, 0.3) is 50.3 Å². The van der Waals surface area contributed by atoms with Crippen molar-refractivity contribution in [1.82, 2.24) is 14.5 Å². The van der Waals surface area contributed by atoms with Crippen LogP contribution in [0.15, 0.2) is 158 Å². The number of rotatable bonds is 4. The zero-order valence-corrected chi connectivity index (χ0v) is 26.3. The monoisotopic (exact) mass is 604 g/mol. The van der Waals surface area contributed by atoms with Crippen LogP contribution in [0.1, 0.15) is 25.0 Å². The van der Waals surface area contributed by atoms with Crippen molar-refractivity contribution in [1.29, 1.82) is 0 Å². The average Bonchev–Trinajstić information content (AvgIpc) is 3.47. The molecule has 0 saturated carbocycles. The van der Waals surface area contributed by atoms with E-state index >= 15 is 0 Å². The van der Waals surface area contributed by atoms with Crippen molar-refractivity contribution in [2.45, 2.75) is 19.3 Å². The summed E-state index contributed by atoms with van der Waals surface area (Å²) in [6.07, 6.45) is 0. The SMILES string of the molecule is CC1(C)c2ccccc2N(c2ccccc2)c2ccc3c4ccccc4n(-c4nc(-c5ccccc5)cc(-c5ccccc5)n4)c3c21. The number of hydrogen-bond donors (Lipinski definition) is 0. The standard InChI is InChI=1S/C43H32N4/c1-43(2)34-23-13-15-25-38(34)46(31-20-10-5-11-21-31)39-27-26-33-32-22-12-14-24-37(32)47(41(33)40(39)43)42-44-35(29-16-6-3-7-17-29)28-36(45-42)30-18-8-4-9-19-30/h3-28H,1-2H3. The van der Waals surface area contributed by atoms with Crippen LogP contribution in [0.4, 0.5) is 17.1 Å². The molecule has 9 rings (SSSR count). The number of benzene rings is 6. The Morgan fingerprint density at radius 1 is 0.511 bits per heavy atom. The maximum Gasteiger partial charge on any atom is 0.235 e. The van der Waals surface area contributed by atoms with E-state index in [2.05, 4.69) is 169 Å². The highest BCUT2D eigenvalue weighted by molar-refractivity contribution is 6.13. The third-order valence-corrected chi connectivity index (χ3v) is 9.57. The first-order chi connectivity index (χ1) is 23.1. The molecule has 0 atom stereocenters. The highest BCUT2D eigenvalue weighted by Gasteiger charge is 2.39. The van der Waals surface area contributed by atoms with Gasteiger partial charge in [0.1, 0.15) is 0 Å². The van der Waals surface area contributed by atoms with Crippen LogP contribution in [0.3, 0.4) is 0 Å². The van der Waals surface area contributed by atoms with Crippen molar-refractivity contribution in [3.8, 4) is 28.5 Å². The molecule has 0 fully saturated rings. The summed E-state index contributed by atoms with van der Waals surface area (Å²) in [5, 5.41) is 2.37. The fourth-order valence-electron chi connectivity index (χ4n) is 7.42. The van der Waals surface area contributed by atoms with Crippen LogP contribution in [0.2, 0.25) is 0 Å². The molecular formula is C43H32N4. The molecule has 224 valence electrons. The van der Waals surface area contributed by atoms with Gasteiger partial charge in [-0.15, -0.1) is 0 Å². The van der Waals surface area contributed by atoms with Gasteiger partial charge in [-0.1, -0.05) is 135 Å². The van der Waals surface area contributed by atoms with E-state index in [4.69, 9.17) is 9.97 Å². The van der Waals surface area contributed by atoms with Gasteiger partial charge in [-0.25, -0.2) is 9.97 Å². The molecule has 4 heteroatoms. The Balaban J connectivity index is 1.42. The molecule has 0 aliphatic carbocycles. The second-order valence-electron chi connectivity index (χ2n) is 12.7. The summed E-state index contributed by atoms with van der Waals surface area (Å²) >= 11 is 0. The summed E-state index contributed by atoms with van der Waals surface area (Å²) in [5.74, 6) is 0.658. The van der Waals surface area contributed by atoms with Gasteiger partial charge in [0.2, 0.25) is 5.95 Å². The van der Waals surface area contributed by atoms with E-state index in [0.717, 1.165) is 39.2 Å². The molecule has 47 heavy (non-hydrogen) atoms. The molecule has 1 aliphatic heterocycles. The molecule has 0 spiro atoms. The molecule has 0 saturated heterocycles. The Hall–Kier alpha value is -6.00. The second-order valence-corrected chi connectivity index (χ2v) is 12.7. The molecule has 3 heterocycles. The van der Waals surface area contributed by atoms with E-state index in [9.17, 15) is 0 Å². The van der Waals surface area contributed by atoms with Crippen molar-refractivity contribution in [2.24, 2.45) is 0 Å². The van der Waals surface area contributed by atoms with Crippen LogP contribution in [0.5, 0.6) is 0 Å². The minimum Gasteiger partial charge on any atom is -0.310 e. The molecule has 0 unspecified atom stereocenters. The first kappa shape index (κ1) is 27.3. The maximum atomic E-state index is 5.33. The smallest absolute Gasteiger partial charge is 0.235 e. The molecule has 6 aromatic carbocycles. The van der Waals surface area contributed by atoms with Gasteiger partial charge in [0.15, 0.2) is 0 Å². The van der Waals surface area contributed by atoms with Gasteiger partial charge in [-0.2, -0.15) is 0 Å². The third kappa shape index (κ3) is 4.22. The van der Waals surface area contributed by atoms with Crippen molar-refractivity contribution >= 4 is 38.9 Å². The van der Waals surface area contributed by atoms with Gasteiger partial charge in [0, 0.05) is 38.6 Å². The molecule has 0 amide bonds. The lowest BCUT2D eigenvalue weighted by molar-refractivity contribution is 0.635. The lowest BCUT2D eigenvalue weighted by atomic mass is 9.72. The summed E-state index contributed by atoms with van der Waals surface area (Å²) in [6.45, 7) is 4.70. The van der Waals surface area contributed by atoms with E-state index in [1.807, 2.05) is 12.1 Å². The summed E-state index contributed by atoms with van der Waals surface area (Å²) in [4.78, 5) is 13.1. The minimum absolute atomic E-state index is 0.317. The fraction of sp³-hybridized carbons (Fsp3) is 0.0698. The Bertz CT molecular complexity index is 2370. The highest BCUT2D eigenvalue weighted by atomic mass is 15.2. The summed E-state index contributed by atoms with van der Waals surface area (Å²) in [7, 11) is 0. The number of anilines is 3.